The second-order valence-electron chi connectivity index (χ2n) is 8.30. The molecule has 1 heterocycles. The molecule has 1 aromatic rings. The fraction of sp³-hybridized carbons (Fsp3) is 0.542. The van der Waals surface area contributed by atoms with Crippen molar-refractivity contribution < 1.29 is 42.9 Å². The largest absolute Gasteiger partial charge is 0.479 e. The van der Waals surface area contributed by atoms with Crippen LogP contribution in [0.25, 0.3) is 0 Å². The van der Waals surface area contributed by atoms with Gasteiger partial charge in [0.05, 0.1) is 11.7 Å². The van der Waals surface area contributed by atoms with E-state index in [0.717, 1.165) is 18.9 Å². The van der Waals surface area contributed by atoms with Gasteiger partial charge in [0, 0.05) is 37.9 Å². The van der Waals surface area contributed by atoms with E-state index in [1.807, 2.05) is 0 Å². The third-order valence-electron chi connectivity index (χ3n) is 5.43. The van der Waals surface area contributed by atoms with E-state index in [0.29, 0.717) is 12.8 Å². The van der Waals surface area contributed by atoms with Crippen LogP contribution in [0.1, 0.15) is 56.9 Å². The molecule has 10 nitrogen and oxygen atoms in total. The zero-order valence-electron chi connectivity index (χ0n) is 19.6. The molecule has 1 aliphatic rings. The minimum Gasteiger partial charge on any atom is -0.479 e. The van der Waals surface area contributed by atoms with Gasteiger partial charge in [-0.05, 0) is 31.0 Å². The normalized spacial score (nSPS) is 20.3. The molecule has 0 bridgehead atoms. The van der Waals surface area contributed by atoms with Crippen molar-refractivity contribution in [2.75, 3.05) is 11.9 Å². The number of hydrogen-bond acceptors (Lipinski definition) is 7. The number of unbranched alkanes of at least 4 members (excludes halogenated alkanes) is 3. The van der Waals surface area contributed by atoms with Crippen molar-refractivity contribution in [3.8, 4) is 18.1 Å². The van der Waals surface area contributed by atoms with Crippen molar-refractivity contribution >= 4 is 23.5 Å². The van der Waals surface area contributed by atoms with Crippen LogP contribution in [0, 0.1) is 12.3 Å². The summed E-state index contributed by atoms with van der Waals surface area (Å²) in [6.07, 6.45) is 1.28. The van der Waals surface area contributed by atoms with Gasteiger partial charge >= 0.3 is 5.97 Å². The molecule has 0 saturated carbocycles. The maximum Gasteiger partial charge on any atom is 0.333 e. The van der Waals surface area contributed by atoms with Gasteiger partial charge < -0.3 is 36.1 Å². The van der Waals surface area contributed by atoms with Crippen LogP contribution in [0.5, 0.6) is 5.75 Å². The van der Waals surface area contributed by atoms with E-state index in [2.05, 4.69) is 16.6 Å². The molecular weight excluding hydrogens is 480 g/mol. The van der Waals surface area contributed by atoms with Gasteiger partial charge in [-0.3, -0.25) is 9.59 Å². The number of nitrogens with one attached hydrogen (secondary N) is 2. The van der Waals surface area contributed by atoms with Crippen molar-refractivity contribution in [2.45, 2.75) is 75.9 Å². The van der Waals surface area contributed by atoms with Crippen LogP contribution >= 0.6 is 0 Å². The molecule has 2 amide bonds. The second kappa shape index (κ2) is 14.3. The molecule has 6 N–H and O–H groups in total. The summed E-state index contributed by atoms with van der Waals surface area (Å²) < 4.78 is 38.1. The first-order valence-corrected chi connectivity index (χ1v) is 11.5. The fourth-order valence-electron chi connectivity index (χ4n) is 3.56. The van der Waals surface area contributed by atoms with E-state index in [1.165, 1.54) is 12.1 Å². The number of carbonyl (C=O) groups excluding carboxylic acids is 2. The highest BCUT2D eigenvalue weighted by Crippen LogP contribution is 2.34. The molecule has 36 heavy (non-hydrogen) atoms. The molecule has 198 valence electrons. The number of carbonyl (C=O) groups is 3. The number of carboxylic acids is 1. The first kappa shape index (κ1) is 29.0. The van der Waals surface area contributed by atoms with Crippen LogP contribution in [0.3, 0.4) is 0 Å². The Morgan fingerprint density at radius 1 is 1.25 bits per heavy atom. The van der Waals surface area contributed by atoms with Crippen molar-refractivity contribution in [3.63, 3.8) is 0 Å². The Labute approximate surface area is 207 Å². The molecule has 1 fully saturated rings. The van der Waals surface area contributed by atoms with Gasteiger partial charge in [0.15, 0.2) is 6.10 Å². The maximum absolute atomic E-state index is 13.7. The number of amides is 2. The molecule has 12 heteroatoms. The molecule has 4 atom stereocenters. The molecule has 4 unspecified atom stereocenters. The summed E-state index contributed by atoms with van der Waals surface area (Å²) in [6, 6.07) is 2.39. The minimum absolute atomic E-state index is 0.0117. The number of rotatable bonds is 13. The standard InChI is InChI=1S/C24H31F2N3O7/c1-2-3-4-5-6-7-20(31)29-17(13-27)23(32)28-14-8-9-18(16(10-14)22(25)26)35-21-12-15(30)11-19(36-21)24(33)34/h1,8-10,15,17,19,21-22,30H,3-7,11-13,27H2,(H,28,32)(H,29,31)(H,33,34). The fourth-order valence-corrected chi connectivity index (χ4v) is 3.56. The van der Waals surface area contributed by atoms with E-state index in [-0.39, 0.29) is 43.2 Å². The molecule has 0 spiro atoms. The van der Waals surface area contributed by atoms with Gasteiger partial charge in [-0.25, -0.2) is 13.6 Å². The number of nitrogens with two attached hydrogens (primary N) is 1. The van der Waals surface area contributed by atoms with Crippen molar-refractivity contribution in [1.29, 1.82) is 0 Å². The van der Waals surface area contributed by atoms with Crippen LogP contribution < -0.4 is 21.1 Å². The monoisotopic (exact) mass is 511 g/mol. The average Bonchev–Trinajstić information content (AvgIpc) is 2.82. The molecule has 0 aliphatic carbocycles. The number of ether oxygens (including phenoxy) is 2. The molecule has 0 aromatic heterocycles. The Kier molecular flexibility index (Phi) is 11.5. The predicted octanol–water partition coefficient (Wildman–Crippen LogP) is 1.92. The first-order chi connectivity index (χ1) is 17.1. The molecule has 1 aliphatic heterocycles. The number of hydrogen-bond donors (Lipinski definition) is 5. The quantitative estimate of drug-likeness (QED) is 0.198. The number of terminal acetylenes is 1. The van der Waals surface area contributed by atoms with E-state index in [4.69, 9.17) is 26.7 Å². The third-order valence-corrected chi connectivity index (χ3v) is 5.43. The van der Waals surface area contributed by atoms with Gasteiger partial charge in [-0.15, -0.1) is 12.3 Å². The summed E-state index contributed by atoms with van der Waals surface area (Å²) in [5, 5.41) is 23.9. The van der Waals surface area contributed by atoms with E-state index in [1.54, 1.807) is 0 Å². The molecule has 1 aromatic carbocycles. The van der Waals surface area contributed by atoms with E-state index < -0.39 is 48.4 Å². The van der Waals surface area contributed by atoms with Gasteiger partial charge in [-0.1, -0.05) is 6.42 Å². The smallest absolute Gasteiger partial charge is 0.333 e. The average molecular weight is 512 g/mol. The number of carboxylic acid groups (broad SMARTS) is 1. The van der Waals surface area contributed by atoms with Crippen molar-refractivity contribution in [3.05, 3.63) is 23.8 Å². The van der Waals surface area contributed by atoms with Crippen LogP contribution in [0.15, 0.2) is 18.2 Å². The summed E-state index contributed by atoms with van der Waals surface area (Å²) >= 11 is 0. The molecule has 0 radical (unpaired) electrons. The van der Waals surface area contributed by atoms with Crippen molar-refractivity contribution in [1.82, 2.24) is 5.32 Å². The summed E-state index contributed by atoms with van der Waals surface area (Å²) in [6.45, 7) is -0.205. The van der Waals surface area contributed by atoms with Gasteiger partial charge in [0.25, 0.3) is 6.43 Å². The third kappa shape index (κ3) is 9.07. The Morgan fingerprint density at radius 3 is 2.64 bits per heavy atom. The molecule has 2 rings (SSSR count). The van der Waals surface area contributed by atoms with E-state index in [9.17, 15) is 28.3 Å². The lowest BCUT2D eigenvalue weighted by Crippen LogP contribution is -2.48. The number of anilines is 1. The zero-order valence-corrected chi connectivity index (χ0v) is 19.6. The van der Waals surface area contributed by atoms with Gasteiger partial charge in [0.1, 0.15) is 11.8 Å². The van der Waals surface area contributed by atoms with Crippen LogP contribution in [-0.4, -0.2) is 59.1 Å². The van der Waals surface area contributed by atoms with Gasteiger partial charge in [0.2, 0.25) is 18.1 Å². The summed E-state index contributed by atoms with van der Waals surface area (Å²) in [5.74, 6) is -0.136. The summed E-state index contributed by atoms with van der Waals surface area (Å²) in [5.41, 5.74) is 5.04. The minimum atomic E-state index is -3.00. The predicted molar refractivity (Wildman–Crippen MR) is 125 cm³/mol. The van der Waals surface area contributed by atoms with Gasteiger partial charge in [-0.2, -0.15) is 0 Å². The first-order valence-electron chi connectivity index (χ1n) is 11.5. The Morgan fingerprint density at radius 2 is 2.00 bits per heavy atom. The number of halogens is 2. The number of benzene rings is 1. The maximum atomic E-state index is 13.7. The lowest BCUT2D eigenvalue weighted by atomic mass is 10.1. The number of aliphatic hydroxyl groups is 1. The highest BCUT2D eigenvalue weighted by Gasteiger charge is 2.34. The SMILES string of the molecule is C#CCCCCCC(=O)NC(CN)C(=O)Nc1ccc(OC2CC(O)CC(C(=O)O)O2)c(C(F)F)c1. The second-order valence-corrected chi connectivity index (χ2v) is 8.30. The lowest BCUT2D eigenvalue weighted by Gasteiger charge is -2.31. The number of aliphatic carboxylic acids is 1. The van der Waals surface area contributed by atoms with Crippen molar-refractivity contribution in [2.24, 2.45) is 5.73 Å². The molecular formula is C24H31F2N3O7. The topological polar surface area (TPSA) is 160 Å². The summed E-state index contributed by atoms with van der Waals surface area (Å²) in [4.78, 5) is 35.8. The highest BCUT2D eigenvalue weighted by atomic mass is 19.3. The Balaban J connectivity index is 2.01. The van der Waals surface area contributed by atoms with Crippen LogP contribution in [0.2, 0.25) is 0 Å². The Bertz CT molecular complexity index is 954. The lowest BCUT2D eigenvalue weighted by molar-refractivity contribution is -0.195. The number of alkyl halides is 2. The Hall–Kier alpha value is -3.27. The molecule has 1 saturated heterocycles. The highest BCUT2D eigenvalue weighted by molar-refractivity contribution is 5.97. The number of aliphatic hydroxyl groups excluding tert-OH is 1. The van der Waals surface area contributed by atoms with Crippen LogP contribution in [0.4, 0.5) is 14.5 Å². The van der Waals surface area contributed by atoms with Crippen LogP contribution in [-0.2, 0) is 19.1 Å². The van der Waals surface area contributed by atoms with E-state index >= 15 is 0 Å². The zero-order chi connectivity index (χ0) is 26.7. The summed E-state index contributed by atoms with van der Waals surface area (Å²) in [7, 11) is 0.